The van der Waals surface area contributed by atoms with Crippen LogP contribution in [0.5, 0.6) is 11.6 Å². The number of benzene rings is 3. The van der Waals surface area contributed by atoms with Crippen molar-refractivity contribution in [1.82, 2.24) is 15.0 Å². The average molecular weight is 643 g/mol. The van der Waals surface area contributed by atoms with Crippen LogP contribution in [0.15, 0.2) is 90.0 Å². The largest absolute Gasteiger partial charge is 0.496 e. The molecule has 0 spiro atoms. The summed E-state index contributed by atoms with van der Waals surface area (Å²) < 4.78 is 39.1. The van der Waals surface area contributed by atoms with Gasteiger partial charge >= 0.3 is 0 Å². The van der Waals surface area contributed by atoms with Crippen LogP contribution in [0.4, 0.5) is 5.69 Å². The summed E-state index contributed by atoms with van der Waals surface area (Å²) in [5.74, 6) is 1.00. The van der Waals surface area contributed by atoms with Crippen molar-refractivity contribution in [1.29, 1.82) is 5.26 Å². The van der Waals surface area contributed by atoms with Crippen LogP contribution >= 0.6 is 24.8 Å². The van der Waals surface area contributed by atoms with Gasteiger partial charge in [-0.25, -0.2) is 18.1 Å². The predicted octanol–water partition coefficient (Wildman–Crippen LogP) is 5.13. The molecule has 1 aliphatic rings. The number of sulfonamides is 1. The molecule has 0 aliphatic carbocycles. The molecule has 5 rings (SSSR count). The van der Waals surface area contributed by atoms with Gasteiger partial charge in [-0.05, 0) is 67.5 Å². The third-order valence-electron chi connectivity index (χ3n) is 7.06. The van der Waals surface area contributed by atoms with E-state index in [-0.39, 0.29) is 41.9 Å². The molecule has 12 heteroatoms. The van der Waals surface area contributed by atoms with E-state index in [4.69, 9.17) is 14.7 Å². The lowest BCUT2D eigenvalue weighted by atomic mass is 9.99. The van der Waals surface area contributed by atoms with Crippen molar-refractivity contribution in [2.45, 2.75) is 23.5 Å². The Morgan fingerprint density at radius 2 is 1.84 bits per heavy atom. The number of rotatable bonds is 10. The molecule has 0 saturated carbocycles. The third-order valence-corrected chi connectivity index (χ3v) is 8.47. The van der Waals surface area contributed by atoms with Crippen LogP contribution in [-0.2, 0) is 16.4 Å². The Balaban J connectivity index is 0.00000253. The molecule has 3 aromatic carbocycles. The van der Waals surface area contributed by atoms with Crippen LogP contribution in [0.1, 0.15) is 22.7 Å². The highest BCUT2D eigenvalue weighted by Crippen LogP contribution is 2.37. The number of anilines is 1. The number of halogens is 2. The summed E-state index contributed by atoms with van der Waals surface area (Å²) in [5.41, 5.74) is 4.92. The van der Waals surface area contributed by atoms with E-state index in [0.717, 1.165) is 24.1 Å². The van der Waals surface area contributed by atoms with Crippen LogP contribution in [0.3, 0.4) is 0 Å². The maximum Gasteiger partial charge on any atom is 0.240 e. The van der Waals surface area contributed by atoms with Gasteiger partial charge < -0.3 is 20.1 Å². The lowest BCUT2D eigenvalue weighted by Crippen LogP contribution is -2.43. The number of hydrogen-bond donors (Lipinski definition) is 3. The Kier molecular flexibility index (Phi) is 11.8. The van der Waals surface area contributed by atoms with E-state index >= 15 is 0 Å². The van der Waals surface area contributed by atoms with Crippen molar-refractivity contribution >= 4 is 40.5 Å². The standard InChI is InChI=1S/C31H31N5O4S.2ClH/c1-33-41(37,38)25-12-13-28(39-2)26(17-25)24-16-27-31(36-19-24)40-29(20-35-27)30(23-6-4-3-5-7-23)34-15-14-21-8-10-22(18-32)11-9-21;;/h3-13,16-17,19,29-30,33-35H,14-15,20H2,1-2H3;2*1H/t29-,30+;;/m0../s1. The number of methoxy groups -OCH3 is 1. The number of nitriles is 1. The van der Waals surface area contributed by atoms with Crippen LogP contribution < -0.4 is 24.8 Å². The van der Waals surface area contributed by atoms with E-state index in [1.165, 1.54) is 13.1 Å². The van der Waals surface area contributed by atoms with Gasteiger partial charge in [0.1, 0.15) is 11.9 Å². The van der Waals surface area contributed by atoms with Gasteiger partial charge in [0.2, 0.25) is 15.9 Å². The molecule has 3 N–H and O–H groups in total. The van der Waals surface area contributed by atoms with E-state index in [2.05, 4.69) is 38.5 Å². The van der Waals surface area contributed by atoms with Crippen molar-refractivity contribution < 1.29 is 17.9 Å². The zero-order chi connectivity index (χ0) is 28.8. The fraction of sp³-hybridized carbons (Fsp3) is 0.226. The molecule has 1 aromatic heterocycles. The van der Waals surface area contributed by atoms with Gasteiger partial charge in [0.25, 0.3) is 0 Å². The van der Waals surface area contributed by atoms with Crippen molar-refractivity contribution in [3.63, 3.8) is 0 Å². The summed E-state index contributed by atoms with van der Waals surface area (Å²) in [6, 6.07) is 26.4. The summed E-state index contributed by atoms with van der Waals surface area (Å²) in [6.07, 6.45) is 2.23. The highest BCUT2D eigenvalue weighted by Gasteiger charge is 2.30. The first-order valence-corrected chi connectivity index (χ1v) is 14.7. The van der Waals surface area contributed by atoms with Crippen molar-refractivity contribution in [3.8, 4) is 28.8 Å². The molecule has 0 saturated heterocycles. The third kappa shape index (κ3) is 7.76. The zero-order valence-corrected chi connectivity index (χ0v) is 26.1. The summed E-state index contributed by atoms with van der Waals surface area (Å²) in [5, 5.41) is 16.2. The highest BCUT2D eigenvalue weighted by atomic mass is 35.5. The molecule has 0 unspecified atom stereocenters. The van der Waals surface area contributed by atoms with Gasteiger partial charge in [-0.15, -0.1) is 24.8 Å². The molecule has 226 valence electrons. The fourth-order valence-corrected chi connectivity index (χ4v) is 5.60. The number of ether oxygens (including phenoxy) is 2. The maximum absolute atomic E-state index is 12.4. The van der Waals surface area contributed by atoms with Gasteiger partial charge in [-0.2, -0.15) is 5.26 Å². The Morgan fingerprint density at radius 1 is 1.09 bits per heavy atom. The SMILES string of the molecule is CNS(=O)(=O)c1ccc(OC)c(-c2cnc3c(c2)NC[C@@H]([C@H](NCCc2ccc(C#N)cc2)c2ccccc2)O3)c1.Cl.Cl. The minimum absolute atomic E-state index is 0. The Hall–Kier alpha value is -3.85. The highest BCUT2D eigenvalue weighted by molar-refractivity contribution is 7.89. The molecule has 2 heterocycles. The maximum atomic E-state index is 12.4. The molecule has 0 fully saturated rings. The second kappa shape index (κ2) is 15.0. The first-order valence-electron chi connectivity index (χ1n) is 13.2. The van der Waals surface area contributed by atoms with Gasteiger partial charge in [-0.1, -0.05) is 42.5 Å². The molecule has 0 amide bonds. The van der Waals surface area contributed by atoms with Crippen molar-refractivity contribution in [2.75, 3.05) is 32.6 Å². The van der Waals surface area contributed by atoms with Gasteiger partial charge in [-0.3, -0.25) is 0 Å². The molecule has 9 nitrogen and oxygen atoms in total. The second-order valence-electron chi connectivity index (χ2n) is 9.58. The quantitative estimate of drug-likeness (QED) is 0.218. The molecular weight excluding hydrogens is 609 g/mol. The normalized spacial score (nSPS) is 14.4. The van der Waals surface area contributed by atoms with Crippen LogP contribution in [-0.4, -0.2) is 46.8 Å². The molecular formula is C31H33Cl2N5O4S. The lowest BCUT2D eigenvalue weighted by molar-refractivity contribution is 0.150. The molecule has 0 bridgehead atoms. The number of hydrogen-bond acceptors (Lipinski definition) is 8. The van der Waals surface area contributed by atoms with Gasteiger partial charge in [0.05, 0.1) is 41.9 Å². The van der Waals surface area contributed by atoms with E-state index in [9.17, 15) is 8.42 Å². The minimum Gasteiger partial charge on any atom is -0.496 e. The molecule has 2 atom stereocenters. The monoisotopic (exact) mass is 641 g/mol. The Bertz CT molecular complexity index is 1670. The van der Waals surface area contributed by atoms with Crippen molar-refractivity contribution in [3.05, 3.63) is 102 Å². The van der Waals surface area contributed by atoms with Crippen LogP contribution in [0.25, 0.3) is 11.1 Å². The summed E-state index contributed by atoms with van der Waals surface area (Å²) in [6.45, 7) is 1.25. The minimum atomic E-state index is -3.63. The molecule has 4 aromatic rings. The van der Waals surface area contributed by atoms with E-state index in [1.54, 1.807) is 25.4 Å². The first-order chi connectivity index (χ1) is 19.9. The number of nitrogens with one attached hydrogen (secondary N) is 3. The van der Waals surface area contributed by atoms with Crippen molar-refractivity contribution in [2.24, 2.45) is 0 Å². The van der Waals surface area contributed by atoms with Gasteiger partial charge in [0.15, 0.2) is 0 Å². The number of nitrogens with zero attached hydrogens (tertiary/aromatic N) is 2. The number of aromatic nitrogens is 1. The topological polar surface area (TPSA) is 125 Å². The molecule has 43 heavy (non-hydrogen) atoms. The Morgan fingerprint density at radius 3 is 2.51 bits per heavy atom. The summed E-state index contributed by atoms with van der Waals surface area (Å²) in [4.78, 5) is 4.73. The number of fused-ring (bicyclic) bond motifs is 1. The van der Waals surface area contributed by atoms with Crippen LogP contribution in [0.2, 0.25) is 0 Å². The van der Waals surface area contributed by atoms with E-state index < -0.39 is 10.0 Å². The summed E-state index contributed by atoms with van der Waals surface area (Å²) >= 11 is 0. The smallest absolute Gasteiger partial charge is 0.240 e. The zero-order valence-electron chi connectivity index (χ0n) is 23.6. The fourth-order valence-electron chi connectivity index (χ4n) is 4.84. The first kappa shape index (κ1) is 33.6. The molecule has 0 radical (unpaired) electrons. The lowest BCUT2D eigenvalue weighted by Gasteiger charge is -2.33. The Labute approximate surface area is 264 Å². The predicted molar refractivity (Wildman–Crippen MR) is 172 cm³/mol. The molecule has 1 aliphatic heterocycles. The van der Waals surface area contributed by atoms with Crippen LogP contribution in [0, 0.1) is 11.3 Å². The average Bonchev–Trinajstić information content (AvgIpc) is 3.03. The van der Waals surface area contributed by atoms with Gasteiger partial charge in [0, 0.05) is 17.3 Å². The number of pyridine rings is 1. The second-order valence-corrected chi connectivity index (χ2v) is 11.5. The van der Waals surface area contributed by atoms with E-state index in [0.29, 0.717) is 40.6 Å². The van der Waals surface area contributed by atoms with E-state index in [1.807, 2.05) is 48.5 Å². The summed E-state index contributed by atoms with van der Waals surface area (Å²) in [7, 11) is -0.710.